The molecule has 8 heteroatoms. The van der Waals surface area contributed by atoms with E-state index < -0.39 is 12.1 Å². The molecule has 0 saturated carbocycles. The highest BCUT2D eigenvalue weighted by atomic mass is 19.4. The molecule has 1 aliphatic heterocycles. The lowest BCUT2D eigenvalue weighted by atomic mass is 10.1. The summed E-state index contributed by atoms with van der Waals surface area (Å²) in [6.45, 7) is 4.31. The van der Waals surface area contributed by atoms with Crippen molar-refractivity contribution in [3.8, 4) is 5.75 Å². The lowest BCUT2D eigenvalue weighted by molar-refractivity contribution is -0.167. The molecule has 0 bridgehead atoms. The van der Waals surface area contributed by atoms with E-state index in [-0.39, 0.29) is 5.69 Å². The van der Waals surface area contributed by atoms with Crippen molar-refractivity contribution in [3.05, 3.63) is 36.4 Å². The molecule has 3 rings (SSSR count). The summed E-state index contributed by atoms with van der Waals surface area (Å²) >= 11 is 0. The van der Waals surface area contributed by atoms with Crippen molar-refractivity contribution in [3.63, 3.8) is 0 Å². The van der Waals surface area contributed by atoms with Crippen LogP contribution in [0.15, 0.2) is 36.4 Å². The number of fused-ring (bicyclic) bond motifs is 1. The molecule has 140 valence electrons. The number of ether oxygens (including phenoxy) is 2. The van der Waals surface area contributed by atoms with Gasteiger partial charge in [0.1, 0.15) is 12.4 Å². The van der Waals surface area contributed by atoms with E-state index in [1.54, 1.807) is 30.3 Å². The molecule has 5 nitrogen and oxygen atoms in total. The smallest absolute Gasteiger partial charge is 0.471 e. The molecular formula is C18H19F3N2O3. The third-order valence-corrected chi connectivity index (χ3v) is 4.16. The van der Waals surface area contributed by atoms with E-state index >= 15 is 0 Å². The van der Waals surface area contributed by atoms with Crippen LogP contribution in [-0.2, 0) is 9.53 Å². The Morgan fingerprint density at radius 3 is 2.50 bits per heavy atom. The lowest BCUT2D eigenvalue weighted by Gasteiger charge is -2.26. The Morgan fingerprint density at radius 2 is 1.81 bits per heavy atom. The summed E-state index contributed by atoms with van der Waals surface area (Å²) in [6.07, 6.45) is -4.94. The van der Waals surface area contributed by atoms with Crippen LogP contribution < -0.4 is 10.1 Å². The normalized spacial score (nSPS) is 15.8. The van der Waals surface area contributed by atoms with Crippen molar-refractivity contribution in [1.29, 1.82) is 0 Å². The number of hydrogen-bond donors (Lipinski definition) is 1. The van der Waals surface area contributed by atoms with Gasteiger partial charge in [0, 0.05) is 36.1 Å². The van der Waals surface area contributed by atoms with Crippen LogP contribution in [0.5, 0.6) is 5.75 Å². The number of carbonyl (C=O) groups excluding carboxylic acids is 1. The highest BCUT2D eigenvalue weighted by Crippen LogP contribution is 2.32. The van der Waals surface area contributed by atoms with Crippen molar-refractivity contribution in [2.75, 3.05) is 44.8 Å². The highest BCUT2D eigenvalue weighted by molar-refractivity contribution is 6.05. The average Bonchev–Trinajstić information content (AvgIpc) is 2.63. The molecule has 2 aromatic rings. The molecule has 2 aromatic carbocycles. The first-order valence-electron chi connectivity index (χ1n) is 8.28. The zero-order valence-corrected chi connectivity index (χ0v) is 14.0. The van der Waals surface area contributed by atoms with Gasteiger partial charge >= 0.3 is 12.1 Å². The van der Waals surface area contributed by atoms with Crippen LogP contribution in [0, 0.1) is 0 Å². The summed E-state index contributed by atoms with van der Waals surface area (Å²) < 4.78 is 48.6. The predicted octanol–water partition coefficient (Wildman–Crippen LogP) is 3.05. The molecule has 1 heterocycles. The van der Waals surface area contributed by atoms with Gasteiger partial charge in [0.15, 0.2) is 0 Å². The van der Waals surface area contributed by atoms with Gasteiger partial charge in [-0.3, -0.25) is 9.69 Å². The quantitative estimate of drug-likeness (QED) is 0.881. The minimum atomic E-state index is -4.94. The molecule has 0 unspecified atom stereocenters. The molecule has 0 radical (unpaired) electrons. The van der Waals surface area contributed by atoms with E-state index in [1.807, 2.05) is 5.32 Å². The van der Waals surface area contributed by atoms with E-state index in [1.165, 1.54) is 6.07 Å². The second-order valence-corrected chi connectivity index (χ2v) is 5.91. The Bertz CT molecular complexity index is 774. The molecule has 26 heavy (non-hydrogen) atoms. The number of anilines is 1. The van der Waals surface area contributed by atoms with E-state index in [9.17, 15) is 18.0 Å². The van der Waals surface area contributed by atoms with Gasteiger partial charge in [-0.05, 0) is 12.1 Å². The van der Waals surface area contributed by atoms with Crippen molar-refractivity contribution < 1.29 is 27.4 Å². The van der Waals surface area contributed by atoms with Gasteiger partial charge in [0.2, 0.25) is 0 Å². The van der Waals surface area contributed by atoms with Crippen LogP contribution in [0.1, 0.15) is 0 Å². The van der Waals surface area contributed by atoms with Crippen molar-refractivity contribution in [1.82, 2.24) is 4.90 Å². The molecule has 0 aromatic heterocycles. The monoisotopic (exact) mass is 368 g/mol. The number of amides is 1. The number of nitrogens with one attached hydrogen (secondary N) is 1. The summed E-state index contributed by atoms with van der Waals surface area (Å²) in [5.41, 5.74) is 0.100. The van der Waals surface area contributed by atoms with Gasteiger partial charge < -0.3 is 14.8 Å². The summed E-state index contributed by atoms with van der Waals surface area (Å²) in [7, 11) is 0. The van der Waals surface area contributed by atoms with Crippen LogP contribution in [0.25, 0.3) is 10.8 Å². The number of morpholine rings is 1. The minimum Gasteiger partial charge on any atom is -0.492 e. The second kappa shape index (κ2) is 7.92. The Balaban J connectivity index is 1.73. The van der Waals surface area contributed by atoms with Crippen molar-refractivity contribution in [2.45, 2.75) is 6.18 Å². The molecule has 0 aliphatic carbocycles. The number of benzene rings is 2. The standard InChI is InChI=1S/C18H19F3N2O3/c19-18(20,21)17(24)22-15-5-6-16(14-4-2-1-3-13(14)15)26-12-9-23-7-10-25-11-8-23/h1-6H,7-12H2,(H,22,24). The molecule has 1 saturated heterocycles. The maximum absolute atomic E-state index is 12.5. The van der Waals surface area contributed by atoms with Gasteiger partial charge in [0.25, 0.3) is 0 Å². The van der Waals surface area contributed by atoms with Crippen LogP contribution in [0.4, 0.5) is 18.9 Å². The minimum absolute atomic E-state index is 0.100. The third-order valence-electron chi connectivity index (χ3n) is 4.16. The van der Waals surface area contributed by atoms with Crippen molar-refractivity contribution in [2.24, 2.45) is 0 Å². The Hall–Kier alpha value is -2.32. The fourth-order valence-corrected chi connectivity index (χ4v) is 2.81. The molecular weight excluding hydrogens is 349 g/mol. The van der Waals surface area contributed by atoms with E-state index in [4.69, 9.17) is 9.47 Å². The lowest BCUT2D eigenvalue weighted by Crippen LogP contribution is -2.38. The summed E-state index contributed by atoms with van der Waals surface area (Å²) in [5, 5.41) is 3.06. The van der Waals surface area contributed by atoms with Gasteiger partial charge in [-0.15, -0.1) is 0 Å². The molecule has 1 N–H and O–H groups in total. The fraction of sp³-hybridized carbons (Fsp3) is 0.389. The summed E-state index contributed by atoms with van der Waals surface area (Å²) in [6, 6.07) is 9.87. The average molecular weight is 368 g/mol. The van der Waals surface area contributed by atoms with E-state index in [0.717, 1.165) is 19.6 Å². The Labute approximate surface area is 148 Å². The number of hydrogen-bond acceptors (Lipinski definition) is 4. The number of rotatable bonds is 5. The maximum atomic E-state index is 12.5. The van der Waals surface area contributed by atoms with Gasteiger partial charge in [-0.1, -0.05) is 24.3 Å². The molecule has 1 amide bonds. The predicted molar refractivity (Wildman–Crippen MR) is 91.4 cm³/mol. The van der Waals surface area contributed by atoms with Gasteiger partial charge in [-0.25, -0.2) is 0 Å². The molecule has 1 aliphatic rings. The topological polar surface area (TPSA) is 50.8 Å². The Kier molecular flexibility index (Phi) is 5.63. The second-order valence-electron chi connectivity index (χ2n) is 5.91. The first-order valence-corrected chi connectivity index (χ1v) is 8.28. The third kappa shape index (κ3) is 4.44. The number of alkyl halides is 3. The van der Waals surface area contributed by atoms with Crippen LogP contribution >= 0.6 is 0 Å². The Morgan fingerprint density at radius 1 is 1.12 bits per heavy atom. The fourth-order valence-electron chi connectivity index (χ4n) is 2.81. The number of nitrogens with zero attached hydrogens (tertiary/aromatic N) is 1. The molecule has 0 spiro atoms. The first-order chi connectivity index (χ1) is 12.4. The van der Waals surface area contributed by atoms with Crippen LogP contribution in [0.2, 0.25) is 0 Å². The highest BCUT2D eigenvalue weighted by Gasteiger charge is 2.38. The summed E-state index contributed by atoms with van der Waals surface area (Å²) in [5.74, 6) is -1.43. The summed E-state index contributed by atoms with van der Waals surface area (Å²) in [4.78, 5) is 13.5. The first kappa shape index (κ1) is 18.5. The van der Waals surface area contributed by atoms with Crippen molar-refractivity contribution >= 4 is 22.4 Å². The van der Waals surface area contributed by atoms with E-state index in [2.05, 4.69) is 4.90 Å². The maximum Gasteiger partial charge on any atom is 0.471 e. The molecule has 0 atom stereocenters. The number of halogens is 3. The molecule has 1 fully saturated rings. The SMILES string of the molecule is O=C(Nc1ccc(OCCN2CCOCC2)c2ccccc12)C(F)(F)F. The largest absolute Gasteiger partial charge is 0.492 e. The van der Waals surface area contributed by atoms with Crippen LogP contribution in [-0.4, -0.2) is 56.4 Å². The van der Waals surface area contributed by atoms with E-state index in [0.29, 0.717) is 36.3 Å². The van der Waals surface area contributed by atoms with Crippen LogP contribution in [0.3, 0.4) is 0 Å². The zero-order chi connectivity index (χ0) is 18.6. The van der Waals surface area contributed by atoms with Gasteiger partial charge in [0.05, 0.1) is 13.2 Å². The van der Waals surface area contributed by atoms with Gasteiger partial charge in [-0.2, -0.15) is 13.2 Å². The zero-order valence-electron chi connectivity index (χ0n) is 14.0. The number of carbonyl (C=O) groups is 1.